The van der Waals surface area contributed by atoms with Crippen molar-refractivity contribution in [2.75, 3.05) is 0 Å². The molecular weight excluding hydrogens is 258 g/mol. The van der Waals surface area contributed by atoms with Crippen LogP contribution >= 0.6 is 15.9 Å². The van der Waals surface area contributed by atoms with E-state index in [9.17, 15) is 0 Å². The minimum Gasteiger partial charge on any atom is -0.471 e. The Bertz CT molecular complexity index is 414. The number of nitrogens with zero attached hydrogens (tertiary/aromatic N) is 1. The number of hydrogen-bond donors (Lipinski definition) is 0. The molecule has 0 unspecified atom stereocenters. The molecule has 4 heteroatoms. The molecule has 0 aliphatic heterocycles. The molecule has 15 heavy (non-hydrogen) atoms. The summed E-state index contributed by atoms with van der Waals surface area (Å²) in [5.74, 6) is 1.28. The van der Waals surface area contributed by atoms with E-state index < -0.39 is 0 Å². The van der Waals surface area contributed by atoms with Crippen LogP contribution in [0.3, 0.4) is 0 Å². The molecule has 0 saturated heterocycles. The highest BCUT2D eigenvalue weighted by Crippen LogP contribution is 2.15. The van der Waals surface area contributed by atoms with Crippen molar-refractivity contribution >= 4 is 15.9 Å². The van der Waals surface area contributed by atoms with Crippen molar-refractivity contribution in [2.24, 2.45) is 0 Å². The van der Waals surface area contributed by atoms with Gasteiger partial charge in [-0.3, -0.25) is 0 Å². The fraction of sp³-hybridized carbons (Fsp3) is 0.182. The topological polar surface area (TPSA) is 35.3 Å². The van der Waals surface area contributed by atoms with E-state index in [0.717, 1.165) is 11.3 Å². The molecule has 0 aliphatic rings. The molecular formula is C11H10BrNO2. The Labute approximate surface area is 96.2 Å². The third-order valence-corrected chi connectivity index (χ3v) is 2.45. The summed E-state index contributed by atoms with van der Waals surface area (Å²) >= 11 is 3.28. The normalized spacial score (nSPS) is 10.2. The SMILES string of the molecule is BrCc1cc(OCc2ccccc2)no1. The van der Waals surface area contributed by atoms with Crippen molar-refractivity contribution in [3.8, 4) is 5.88 Å². The summed E-state index contributed by atoms with van der Waals surface area (Å²) in [5, 5.41) is 4.42. The van der Waals surface area contributed by atoms with E-state index in [0.29, 0.717) is 17.8 Å². The van der Waals surface area contributed by atoms with Gasteiger partial charge >= 0.3 is 0 Å². The van der Waals surface area contributed by atoms with Gasteiger partial charge in [-0.25, -0.2) is 0 Å². The maximum atomic E-state index is 5.45. The summed E-state index contributed by atoms with van der Waals surface area (Å²) in [5.41, 5.74) is 1.11. The molecule has 0 fully saturated rings. The van der Waals surface area contributed by atoms with Crippen molar-refractivity contribution in [1.82, 2.24) is 5.16 Å². The summed E-state index contributed by atoms with van der Waals surface area (Å²) in [6, 6.07) is 11.7. The first-order chi connectivity index (χ1) is 7.38. The van der Waals surface area contributed by atoms with Crippen LogP contribution in [0.25, 0.3) is 0 Å². The smallest absolute Gasteiger partial charge is 0.254 e. The van der Waals surface area contributed by atoms with Gasteiger partial charge in [0.2, 0.25) is 0 Å². The third kappa shape index (κ3) is 2.83. The molecule has 0 spiro atoms. The fourth-order valence-electron chi connectivity index (χ4n) is 1.16. The van der Waals surface area contributed by atoms with Crippen LogP contribution in [0.2, 0.25) is 0 Å². The standard InChI is InChI=1S/C11H10BrNO2/c12-7-10-6-11(13-15-10)14-8-9-4-2-1-3-5-9/h1-6H,7-8H2. The first-order valence-corrected chi connectivity index (χ1v) is 5.69. The quantitative estimate of drug-likeness (QED) is 0.799. The van der Waals surface area contributed by atoms with Gasteiger partial charge < -0.3 is 9.26 Å². The van der Waals surface area contributed by atoms with Crippen LogP contribution in [0, 0.1) is 0 Å². The van der Waals surface area contributed by atoms with Crippen LogP contribution in [0.4, 0.5) is 0 Å². The van der Waals surface area contributed by atoms with Gasteiger partial charge in [0.25, 0.3) is 5.88 Å². The Morgan fingerprint density at radius 1 is 1.27 bits per heavy atom. The largest absolute Gasteiger partial charge is 0.471 e. The fourth-order valence-corrected chi connectivity index (χ4v) is 1.42. The molecule has 0 atom stereocenters. The molecule has 1 aromatic carbocycles. The van der Waals surface area contributed by atoms with Crippen molar-refractivity contribution in [3.63, 3.8) is 0 Å². The summed E-state index contributed by atoms with van der Waals surface area (Å²) < 4.78 is 10.4. The number of benzene rings is 1. The molecule has 2 aromatic rings. The Morgan fingerprint density at radius 2 is 2.07 bits per heavy atom. The Kier molecular flexibility index (Phi) is 3.40. The Hall–Kier alpha value is -1.29. The molecule has 78 valence electrons. The van der Waals surface area contributed by atoms with E-state index in [2.05, 4.69) is 21.1 Å². The second-order valence-electron chi connectivity index (χ2n) is 3.04. The number of halogens is 1. The molecule has 2 rings (SSSR count). The maximum absolute atomic E-state index is 5.45. The van der Waals surface area contributed by atoms with Gasteiger partial charge in [0.15, 0.2) is 5.76 Å². The molecule has 3 nitrogen and oxygen atoms in total. The summed E-state index contributed by atoms with van der Waals surface area (Å²) in [6.07, 6.45) is 0. The minimum atomic E-state index is 0.509. The monoisotopic (exact) mass is 267 g/mol. The molecule has 0 amide bonds. The zero-order valence-electron chi connectivity index (χ0n) is 8.02. The highest BCUT2D eigenvalue weighted by Gasteiger charge is 2.03. The van der Waals surface area contributed by atoms with Gasteiger partial charge in [-0.15, -0.1) is 0 Å². The van der Waals surface area contributed by atoms with Gasteiger partial charge in [0.1, 0.15) is 6.61 Å². The molecule has 1 heterocycles. The minimum absolute atomic E-state index is 0.509. The van der Waals surface area contributed by atoms with E-state index in [1.54, 1.807) is 6.07 Å². The van der Waals surface area contributed by atoms with Crippen molar-refractivity contribution in [1.29, 1.82) is 0 Å². The number of rotatable bonds is 4. The van der Waals surface area contributed by atoms with E-state index >= 15 is 0 Å². The van der Waals surface area contributed by atoms with Crippen LogP contribution in [0.5, 0.6) is 5.88 Å². The van der Waals surface area contributed by atoms with Gasteiger partial charge in [-0.2, -0.15) is 0 Å². The first-order valence-electron chi connectivity index (χ1n) is 4.57. The lowest BCUT2D eigenvalue weighted by Gasteiger charge is -2.00. The van der Waals surface area contributed by atoms with Crippen LogP contribution in [0.15, 0.2) is 40.9 Å². The molecule has 0 bridgehead atoms. The van der Waals surface area contributed by atoms with E-state index in [1.807, 2.05) is 30.3 Å². The zero-order chi connectivity index (χ0) is 10.5. The Balaban J connectivity index is 1.93. The average Bonchev–Trinajstić information content (AvgIpc) is 2.76. The van der Waals surface area contributed by atoms with Crippen LogP contribution in [-0.2, 0) is 11.9 Å². The molecule has 0 saturated carbocycles. The number of aromatic nitrogens is 1. The zero-order valence-corrected chi connectivity index (χ0v) is 9.61. The lowest BCUT2D eigenvalue weighted by Crippen LogP contribution is -1.94. The predicted octanol–water partition coefficient (Wildman–Crippen LogP) is 3.15. The summed E-state index contributed by atoms with van der Waals surface area (Å²) in [6.45, 7) is 0.509. The van der Waals surface area contributed by atoms with Crippen molar-refractivity contribution in [3.05, 3.63) is 47.7 Å². The second kappa shape index (κ2) is 4.98. The van der Waals surface area contributed by atoms with Crippen LogP contribution < -0.4 is 4.74 Å². The third-order valence-electron chi connectivity index (χ3n) is 1.90. The predicted molar refractivity (Wildman–Crippen MR) is 59.9 cm³/mol. The molecule has 0 N–H and O–H groups in total. The average molecular weight is 268 g/mol. The number of hydrogen-bond acceptors (Lipinski definition) is 3. The molecule has 1 aromatic heterocycles. The Morgan fingerprint density at radius 3 is 2.73 bits per heavy atom. The summed E-state index contributed by atoms with van der Waals surface area (Å²) in [4.78, 5) is 0. The van der Waals surface area contributed by atoms with Gasteiger partial charge in [-0.1, -0.05) is 46.3 Å². The highest BCUT2D eigenvalue weighted by molar-refractivity contribution is 9.08. The van der Waals surface area contributed by atoms with Crippen molar-refractivity contribution < 1.29 is 9.26 Å². The van der Waals surface area contributed by atoms with Gasteiger partial charge in [-0.05, 0) is 10.7 Å². The second-order valence-corrected chi connectivity index (χ2v) is 3.60. The molecule has 0 radical (unpaired) electrons. The highest BCUT2D eigenvalue weighted by atomic mass is 79.9. The van der Waals surface area contributed by atoms with E-state index in [-0.39, 0.29) is 0 Å². The molecule has 0 aliphatic carbocycles. The van der Waals surface area contributed by atoms with Crippen molar-refractivity contribution in [2.45, 2.75) is 11.9 Å². The number of alkyl halides is 1. The van der Waals surface area contributed by atoms with E-state index in [4.69, 9.17) is 9.26 Å². The lowest BCUT2D eigenvalue weighted by molar-refractivity contribution is 0.267. The lowest BCUT2D eigenvalue weighted by atomic mass is 10.2. The maximum Gasteiger partial charge on any atom is 0.254 e. The van der Waals surface area contributed by atoms with Gasteiger partial charge in [0.05, 0.1) is 5.33 Å². The van der Waals surface area contributed by atoms with Gasteiger partial charge in [0, 0.05) is 6.07 Å². The first kappa shape index (κ1) is 10.2. The number of ether oxygens (including phenoxy) is 1. The summed E-state index contributed by atoms with van der Waals surface area (Å²) in [7, 11) is 0. The van der Waals surface area contributed by atoms with Crippen LogP contribution in [0.1, 0.15) is 11.3 Å². The van der Waals surface area contributed by atoms with Crippen LogP contribution in [-0.4, -0.2) is 5.16 Å². The van der Waals surface area contributed by atoms with E-state index in [1.165, 1.54) is 0 Å².